The molecule has 3 N–H and O–H groups in total. The molecule has 1 aromatic heterocycles. The minimum atomic E-state index is -2.93. The molecule has 150 valence electrons. The van der Waals surface area contributed by atoms with E-state index in [0.717, 1.165) is 19.5 Å². The molecule has 7 nitrogen and oxygen atoms in total. The van der Waals surface area contributed by atoms with E-state index >= 15 is 0 Å². The largest absolute Gasteiger partial charge is 0.434 e. The molecule has 2 aromatic rings. The van der Waals surface area contributed by atoms with Crippen LogP contribution < -0.4 is 21.1 Å². The van der Waals surface area contributed by atoms with Gasteiger partial charge in [-0.15, -0.1) is 17.5 Å². The first-order valence-corrected chi connectivity index (χ1v) is 8.56. The second-order valence-electron chi connectivity index (χ2n) is 6.57. The average Bonchev–Trinajstić information content (AvgIpc) is 3.03. The van der Waals surface area contributed by atoms with Crippen molar-refractivity contribution in [3.05, 3.63) is 28.7 Å². The molecule has 3 rings (SSSR count). The second-order valence-corrected chi connectivity index (χ2v) is 6.57. The van der Waals surface area contributed by atoms with E-state index in [4.69, 9.17) is 4.42 Å². The first kappa shape index (κ1) is 21.2. The molecule has 0 bridgehead atoms. The number of nitrogens with one attached hydrogen (secondary N) is 3. The zero-order valence-corrected chi connectivity index (χ0v) is 15.8. The van der Waals surface area contributed by atoms with Crippen LogP contribution in [0.3, 0.4) is 0 Å². The number of hydrogen-bond acceptors (Lipinski definition) is 6. The topological polar surface area (TPSA) is 92.2 Å². The summed E-state index contributed by atoms with van der Waals surface area (Å²) in [5.41, 5.74) is 0.893. The molecule has 2 heterocycles. The predicted octanol–water partition coefficient (Wildman–Crippen LogP) is 3.10. The molecule has 1 aliphatic rings. The van der Waals surface area contributed by atoms with Crippen molar-refractivity contribution in [2.75, 3.05) is 18.4 Å². The third-order valence-electron chi connectivity index (χ3n) is 4.76. The van der Waals surface area contributed by atoms with Crippen molar-refractivity contribution in [2.24, 2.45) is 11.8 Å². The average molecular weight is 405 g/mol. The maximum atomic E-state index is 12.7. The van der Waals surface area contributed by atoms with Crippen LogP contribution in [-0.2, 0) is 0 Å². The Morgan fingerprint density at radius 2 is 2.19 bits per heavy atom. The van der Waals surface area contributed by atoms with E-state index in [0.29, 0.717) is 23.1 Å². The van der Waals surface area contributed by atoms with Crippen LogP contribution >= 0.6 is 12.4 Å². The van der Waals surface area contributed by atoms with Crippen LogP contribution in [-0.4, -0.2) is 35.9 Å². The van der Waals surface area contributed by atoms with Crippen molar-refractivity contribution < 1.29 is 17.9 Å². The number of anilines is 1. The Bertz CT molecular complexity index is 798. The van der Waals surface area contributed by atoms with Crippen molar-refractivity contribution in [3.8, 4) is 17.2 Å². The molecule has 0 saturated carbocycles. The van der Waals surface area contributed by atoms with Crippen molar-refractivity contribution in [3.63, 3.8) is 0 Å². The zero-order valence-electron chi connectivity index (χ0n) is 15.0. The second kappa shape index (κ2) is 9.18. The SMILES string of the molecule is CC(Nc1cc(-c2n[nH]c(=O)o2)ccc1OC(F)F)[C@H]1CCNC[C@H]1C.Cl. The van der Waals surface area contributed by atoms with Gasteiger partial charge < -0.3 is 19.8 Å². The molecule has 1 aromatic carbocycles. The van der Waals surface area contributed by atoms with Gasteiger partial charge in [-0.3, -0.25) is 0 Å². The van der Waals surface area contributed by atoms with Gasteiger partial charge in [-0.1, -0.05) is 6.92 Å². The number of benzene rings is 1. The number of halogens is 3. The number of ether oxygens (including phenoxy) is 1. The smallest absolute Gasteiger partial charge is 0.433 e. The fourth-order valence-corrected chi connectivity index (χ4v) is 3.46. The van der Waals surface area contributed by atoms with E-state index in [1.165, 1.54) is 12.1 Å². The van der Waals surface area contributed by atoms with Gasteiger partial charge in [-0.25, -0.2) is 9.89 Å². The summed E-state index contributed by atoms with van der Waals surface area (Å²) in [7, 11) is 0. The predicted molar refractivity (Wildman–Crippen MR) is 99.7 cm³/mol. The number of alkyl halides is 2. The van der Waals surface area contributed by atoms with Crippen LogP contribution in [0.15, 0.2) is 27.4 Å². The Labute approximate surface area is 161 Å². The van der Waals surface area contributed by atoms with Crippen molar-refractivity contribution in [1.82, 2.24) is 15.5 Å². The third kappa shape index (κ3) is 5.20. The fourth-order valence-electron chi connectivity index (χ4n) is 3.46. The Kier molecular flexibility index (Phi) is 7.20. The molecule has 0 radical (unpaired) electrons. The highest BCUT2D eigenvalue weighted by Gasteiger charge is 2.27. The van der Waals surface area contributed by atoms with Crippen LogP contribution in [0, 0.1) is 11.8 Å². The standard InChI is InChI=1S/C17H22F2N4O3.ClH/c1-9-8-20-6-5-12(9)10(2)21-13-7-11(15-22-23-17(24)26-15)3-4-14(13)25-16(18)19;/h3-4,7,9-10,12,16,20-21H,5-6,8H2,1-2H3,(H,23,24);1H/t9-,10?,12+;/m1./s1. The van der Waals surface area contributed by atoms with Crippen molar-refractivity contribution in [2.45, 2.75) is 32.9 Å². The molecule has 1 unspecified atom stereocenters. The summed E-state index contributed by atoms with van der Waals surface area (Å²) in [6.45, 7) is 3.12. The Hall–Kier alpha value is -2.13. The highest BCUT2D eigenvalue weighted by molar-refractivity contribution is 5.85. The van der Waals surface area contributed by atoms with E-state index in [2.05, 4.69) is 32.5 Å². The lowest BCUT2D eigenvalue weighted by Crippen LogP contribution is -2.42. The van der Waals surface area contributed by atoms with Gasteiger partial charge in [0, 0.05) is 11.6 Å². The van der Waals surface area contributed by atoms with Gasteiger partial charge >= 0.3 is 12.4 Å². The highest BCUT2D eigenvalue weighted by atomic mass is 35.5. The van der Waals surface area contributed by atoms with Gasteiger partial charge in [0.15, 0.2) is 0 Å². The summed E-state index contributed by atoms with van der Waals surface area (Å²) in [5.74, 6) is 0.291. The monoisotopic (exact) mass is 404 g/mol. The Morgan fingerprint density at radius 3 is 2.81 bits per heavy atom. The maximum Gasteiger partial charge on any atom is 0.434 e. The number of hydrogen-bond donors (Lipinski definition) is 3. The molecule has 3 atom stereocenters. The molecule has 1 saturated heterocycles. The lowest BCUT2D eigenvalue weighted by molar-refractivity contribution is -0.0494. The Balaban J connectivity index is 0.00000261. The van der Waals surface area contributed by atoms with E-state index in [1.54, 1.807) is 6.07 Å². The molecular weight excluding hydrogens is 382 g/mol. The molecule has 27 heavy (non-hydrogen) atoms. The fraction of sp³-hybridized carbons (Fsp3) is 0.529. The molecule has 1 aliphatic heterocycles. The minimum Gasteiger partial charge on any atom is -0.433 e. The van der Waals surface area contributed by atoms with Crippen LogP contribution in [0.4, 0.5) is 14.5 Å². The summed E-state index contributed by atoms with van der Waals surface area (Å²) in [4.78, 5) is 11.2. The van der Waals surface area contributed by atoms with Crippen LogP contribution in [0.1, 0.15) is 20.3 Å². The quantitative estimate of drug-likeness (QED) is 0.685. The zero-order chi connectivity index (χ0) is 18.7. The van der Waals surface area contributed by atoms with E-state index < -0.39 is 12.4 Å². The number of piperidine rings is 1. The van der Waals surface area contributed by atoms with E-state index in [-0.39, 0.29) is 30.1 Å². The van der Waals surface area contributed by atoms with E-state index in [1.807, 2.05) is 6.92 Å². The number of rotatable bonds is 6. The van der Waals surface area contributed by atoms with Crippen molar-refractivity contribution in [1.29, 1.82) is 0 Å². The molecule has 0 spiro atoms. The summed E-state index contributed by atoms with van der Waals surface area (Å²) < 4.78 is 35.1. The number of aromatic nitrogens is 2. The first-order chi connectivity index (χ1) is 12.4. The van der Waals surface area contributed by atoms with Gasteiger partial charge in [0.1, 0.15) is 5.75 Å². The number of aromatic amines is 1. The summed E-state index contributed by atoms with van der Waals surface area (Å²) in [6.07, 6.45) is 0.994. The van der Waals surface area contributed by atoms with Gasteiger partial charge in [0.05, 0.1) is 5.69 Å². The molecule has 0 aliphatic carbocycles. The summed E-state index contributed by atoms with van der Waals surface area (Å²) >= 11 is 0. The lowest BCUT2D eigenvalue weighted by atomic mass is 9.82. The molecule has 10 heteroatoms. The molecular formula is C17H23ClF2N4O3. The summed E-state index contributed by atoms with van der Waals surface area (Å²) in [5, 5.41) is 12.6. The number of H-pyrrole nitrogens is 1. The minimum absolute atomic E-state index is 0. The summed E-state index contributed by atoms with van der Waals surface area (Å²) in [6, 6.07) is 4.57. The molecule has 0 amide bonds. The van der Waals surface area contributed by atoms with Crippen LogP contribution in [0.2, 0.25) is 0 Å². The van der Waals surface area contributed by atoms with Crippen LogP contribution in [0.25, 0.3) is 11.5 Å². The normalized spacial score (nSPS) is 20.8. The maximum absolute atomic E-state index is 12.7. The van der Waals surface area contributed by atoms with Gasteiger partial charge in [-0.05, 0) is 56.5 Å². The highest BCUT2D eigenvalue weighted by Crippen LogP contribution is 2.33. The van der Waals surface area contributed by atoms with Gasteiger partial charge in [0.2, 0.25) is 5.89 Å². The molecule has 1 fully saturated rings. The van der Waals surface area contributed by atoms with Crippen molar-refractivity contribution >= 4 is 18.1 Å². The van der Waals surface area contributed by atoms with Gasteiger partial charge in [0.25, 0.3) is 0 Å². The van der Waals surface area contributed by atoms with Crippen LogP contribution in [0.5, 0.6) is 5.75 Å². The Morgan fingerprint density at radius 1 is 1.41 bits per heavy atom. The number of nitrogens with zero attached hydrogens (tertiary/aromatic N) is 1. The third-order valence-corrected chi connectivity index (χ3v) is 4.76. The van der Waals surface area contributed by atoms with Gasteiger partial charge in [-0.2, -0.15) is 8.78 Å². The first-order valence-electron chi connectivity index (χ1n) is 8.56. The van der Waals surface area contributed by atoms with E-state index in [9.17, 15) is 13.6 Å². The lowest BCUT2D eigenvalue weighted by Gasteiger charge is -2.35.